The van der Waals surface area contributed by atoms with E-state index in [4.69, 9.17) is 5.26 Å². The standard InChI is InChI=1S/C16H31N3/c1-5-14-12-19(15(6-2)11-18-14)10-8-7-9-16(3,4)13-17/h14-15,18H,5-12H2,1-4H3. The molecule has 0 bridgehead atoms. The molecule has 0 aromatic carbocycles. The molecule has 110 valence electrons. The lowest BCUT2D eigenvalue weighted by Crippen LogP contribution is -2.56. The van der Waals surface area contributed by atoms with Crippen molar-refractivity contribution in [3.8, 4) is 6.07 Å². The molecule has 0 saturated carbocycles. The first-order valence-corrected chi connectivity index (χ1v) is 7.91. The van der Waals surface area contributed by atoms with Gasteiger partial charge in [-0.05, 0) is 46.1 Å². The predicted octanol–water partition coefficient (Wildman–Crippen LogP) is 3.17. The second-order valence-electron chi connectivity index (χ2n) is 6.52. The number of piperazine rings is 1. The lowest BCUT2D eigenvalue weighted by Gasteiger charge is -2.40. The minimum absolute atomic E-state index is 0.153. The van der Waals surface area contributed by atoms with Gasteiger partial charge in [0.05, 0.1) is 11.5 Å². The topological polar surface area (TPSA) is 39.1 Å². The van der Waals surface area contributed by atoms with Gasteiger partial charge in [0.15, 0.2) is 0 Å². The van der Waals surface area contributed by atoms with E-state index in [9.17, 15) is 0 Å². The average molecular weight is 265 g/mol. The molecule has 0 spiro atoms. The van der Waals surface area contributed by atoms with Gasteiger partial charge in [-0.25, -0.2) is 0 Å². The first kappa shape index (κ1) is 16.5. The predicted molar refractivity (Wildman–Crippen MR) is 81.0 cm³/mol. The van der Waals surface area contributed by atoms with E-state index in [0.717, 1.165) is 19.4 Å². The molecule has 3 heteroatoms. The van der Waals surface area contributed by atoms with Crippen molar-refractivity contribution in [1.82, 2.24) is 10.2 Å². The number of rotatable bonds is 7. The normalized spacial score (nSPS) is 25.2. The van der Waals surface area contributed by atoms with E-state index in [1.807, 2.05) is 13.8 Å². The Morgan fingerprint density at radius 1 is 1.26 bits per heavy atom. The number of nitrogens with zero attached hydrogens (tertiary/aromatic N) is 2. The highest BCUT2D eigenvalue weighted by molar-refractivity contribution is 4.91. The van der Waals surface area contributed by atoms with Crippen molar-refractivity contribution >= 4 is 0 Å². The molecule has 3 nitrogen and oxygen atoms in total. The lowest BCUT2D eigenvalue weighted by atomic mass is 9.89. The summed E-state index contributed by atoms with van der Waals surface area (Å²) in [5, 5.41) is 12.7. The van der Waals surface area contributed by atoms with Crippen molar-refractivity contribution in [3.63, 3.8) is 0 Å². The molecule has 1 aliphatic heterocycles. The summed E-state index contributed by atoms with van der Waals surface area (Å²) in [4.78, 5) is 2.66. The van der Waals surface area contributed by atoms with E-state index < -0.39 is 0 Å². The zero-order valence-electron chi connectivity index (χ0n) is 13.2. The molecule has 0 amide bonds. The zero-order chi connectivity index (χ0) is 14.3. The fourth-order valence-corrected chi connectivity index (χ4v) is 2.82. The van der Waals surface area contributed by atoms with E-state index in [1.54, 1.807) is 0 Å². The van der Waals surface area contributed by atoms with Crippen LogP contribution in [0.15, 0.2) is 0 Å². The van der Waals surface area contributed by atoms with Crippen LogP contribution >= 0.6 is 0 Å². The fourth-order valence-electron chi connectivity index (χ4n) is 2.82. The molecule has 2 unspecified atom stereocenters. The highest BCUT2D eigenvalue weighted by Gasteiger charge is 2.25. The molecule has 1 rings (SSSR count). The second kappa shape index (κ2) is 7.87. The van der Waals surface area contributed by atoms with Crippen molar-refractivity contribution in [2.24, 2.45) is 5.41 Å². The van der Waals surface area contributed by atoms with Crippen LogP contribution in [0.25, 0.3) is 0 Å². The van der Waals surface area contributed by atoms with Crippen molar-refractivity contribution in [2.45, 2.75) is 71.9 Å². The SMILES string of the molecule is CCC1CN(CCCCC(C)(C)C#N)C(CC)CN1. The van der Waals surface area contributed by atoms with Gasteiger partial charge in [-0.3, -0.25) is 4.90 Å². The molecule has 0 aliphatic carbocycles. The Morgan fingerprint density at radius 3 is 2.58 bits per heavy atom. The summed E-state index contributed by atoms with van der Waals surface area (Å²) in [6, 6.07) is 3.76. The van der Waals surface area contributed by atoms with Crippen LogP contribution in [0.4, 0.5) is 0 Å². The van der Waals surface area contributed by atoms with Gasteiger partial charge >= 0.3 is 0 Å². The van der Waals surface area contributed by atoms with Crippen LogP contribution < -0.4 is 5.32 Å². The number of unbranched alkanes of at least 4 members (excludes halogenated alkanes) is 1. The van der Waals surface area contributed by atoms with Crippen LogP contribution in [-0.4, -0.2) is 36.6 Å². The van der Waals surface area contributed by atoms with E-state index in [0.29, 0.717) is 12.1 Å². The molecule has 1 saturated heterocycles. The van der Waals surface area contributed by atoms with Gasteiger partial charge in [0.1, 0.15) is 0 Å². The smallest absolute Gasteiger partial charge is 0.0683 e. The first-order chi connectivity index (χ1) is 9.02. The van der Waals surface area contributed by atoms with Crippen molar-refractivity contribution < 1.29 is 0 Å². The number of nitrogens with one attached hydrogen (secondary N) is 1. The van der Waals surface area contributed by atoms with Gasteiger partial charge in [-0.2, -0.15) is 5.26 Å². The maximum atomic E-state index is 9.02. The minimum atomic E-state index is -0.153. The Balaban J connectivity index is 2.31. The average Bonchev–Trinajstić information content (AvgIpc) is 2.43. The molecular formula is C16H31N3. The monoisotopic (exact) mass is 265 g/mol. The number of hydrogen-bond acceptors (Lipinski definition) is 3. The molecule has 1 heterocycles. The van der Waals surface area contributed by atoms with Crippen molar-refractivity contribution in [3.05, 3.63) is 0 Å². The van der Waals surface area contributed by atoms with Crippen LogP contribution in [0.1, 0.15) is 59.8 Å². The van der Waals surface area contributed by atoms with Gasteiger partial charge < -0.3 is 5.32 Å². The maximum Gasteiger partial charge on any atom is 0.0683 e. The Bertz CT molecular complexity index is 293. The van der Waals surface area contributed by atoms with Gasteiger partial charge in [0, 0.05) is 25.2 Å². The van der Waals surface area contributed by atoms with Gasteiger partial charge in [0.2, 0.25) is 0 Å². The van der Waals surface area contributed by atoms with E-state index in [2.05, 4.69) is 30.1 Å². The molecule has 1 N–H and O–H groups in total. The third kappa shape index (κ3) is 5.50. The Kier molecular flexibility index (Phi) is 6.82. The second-order valence-corrected chi connectivity index (χ2v) is 6.52. The third-order valence-corrected chi connectivity index (χ3v) is 4.38. The third-order valence-electron chi connectivity index (χ3n) is 4.38. The number of hydrogen-bond donors (Lipinski definition) is 1. The summed E-state index contributed by atoms with van der Waals surface area (Å²) in [5.74, 6) is 0. The molecule has 19 heavy (non-hydrogen) atoms. The molecule has 0 aromatic heterocycles. The van der Waals surface area contributed by atoms with E-state index in [-0.39, 0.29) is 5.41 Å². The van der Waals surface area contributed by atoms with Crippen molar-refractivity contribution in [2.75, 3.05) is 19.6 Å². The van der Waals surface area contributed by atoms with Crippen LogP contribution in [0.5, 0.6) is 0 Å². The fraction of sp³-hybridized carbons (Fsp3) is 0.938. The van der Waals surface area contributed by atoms with Crippen molar-refractivity contribution in [1.29, 1.82) is 5.26 Å². The van der Waals surface area contributed by atoms with Crippen LogP contribution in [0.2, 0.25) is 0 Å². The van der Waals surface area contributed by atoms with Crippen LogP contribution in [-0.2, 0) is 0 Å². The summed E-state index contributed by atoms with van der Waals surface area (Å²) in [6.07, 6.45) is 5.85. The summed E-state index contributed by atoms with van der Waals surface area (Å²) in [7, 11) is 0. The van der Waals surface area contributed by atoms with E-state index >= 15 is 0 Å². The minimum Gasteiger partial charge on any atom is -0.311 e. The maximum absolute atomic E-state index is 9.02. The highest BCUT2D eigenvalue weighted by atomic mass is 15.2. The molecule has 2 atom stereocenters. The van der Waals surface area contributed by atoms with Gasteiger partial charge in [0.25, 0.3) is 0 Å². The van der Waals surface area contributed by atoms with Crippen LogP contribution in [0.3, 0.4) is 0 Å². The summed E-state index contributed by atoms with van der Waals surface area (Å²) >= 11 is 0. The molecule has 0 radical (unpaired) electrons. The Hall–Kier alpha value is -0.590. The number of nitriles is 1. The molecule has 1 aliphatic rings. The quantitative estimate of drug-likeness (QED) is 0.719. The Morgan fingerprint density at radius 2 is 2.00 bits per heavy atom. The van der Waals surface area contributed by atoms with E-state index in [1.165, 1.54) is 32.4 Å². The summed E-state index contributed by atoms with van der Waals surface area (Å²) in [5.41, 5.74) is -0.153. The highest BCUT2D eigenvalue weighted by Crippen LogP contribution is 2.22. The summed E-state index contributed by atoms with van der Waals surface area (Å²) < 4.78 is 0. The molecular weight excluding hydrogens is 234 g/mol. The molecule has 1 fully saturated rings. The first-order valence-electron chi connectivity index (χ1n) is 7.91. The summed E-state index contributed by atoms with van der Waals surface area (Å²) in [6.45, 7) is 12.1. The lowest BCUT2D eigenvalue weighted by molar-refractivity contribution is 0.122. The van der Waals surface area contributed by atoms with Gasteiger partial charge in [-0.1, -0.05) is 20.3 Å². The Labute approximate surface area is 119 Å². The largest absolute Gasteiger partial charge is 0.311 e. The van der Waals surface area contributed by atoms with Gasteiger partial charge in [-0.15, -0.1) is 0 Å². The van der Waals surface area contributed by atoms with Crippen LogP contribution in [0, 0.1) is 16.7 Å². The molecule has 0 aromatic rings. The zero-order valence-corrected chi connectivity index (χ0v) is 13.2.